The molecule has 0 saturated carbocycles. The van der Waals surface area contributed by atoms with Gasteiger partial charge in [-0.05, 0) is 12.1 Å². The van der Waals surface area contributed by atoms with Crippen molar-refractivity contribution in [2.24, 2.45) is 0 Å². The molecule has 0 radical (unpaired) electrons. The zero-order chi connectivity index (χ0) is 15.0. The van der Waals surface area contributed by atoms with Gasteiger partial charge in [0.25, 0.3) is 5.91 Å². The fourth-order valence-electron chi connectivity index (χ4n) is 2.98. The summed E-state index contributed by atoms with van der Waals surface area (Å²) < 4.78 is 11.0. The first-order valence-electron chi connectivity index (χ1n) is 7.12. The first-order chi connectivity index (χ1) is 10.7. The largest absolute Gasteiger partial charge is 0.488 e. The van der Waals surface area contributed by atoms with Crippen LogP contribution in [-0.4, -0.2) is 50.5 Å². The highest BCUT2D eigenvalue weighted by Gasteiger charge is 2.51. The third-order valence-corrected chi connectivity index (χ3v) is 5.58. The molecule has 4 heterocycles. The first-order valence-corrected chi connectivity index (χ1v) is 8.11. The average molecular weight is 317 g/mol. The zero-order valence-corrected chi connectivity index (χ0v) is 12.7. The Morgan fingerprint density at radius 2 is 2.41 bits per heavy atom. The van der Waals surface area contributed by atoms with Gasteiger partial charge in [-0.15, -0.1) is 11.8 Å². The lowest BCUT2D eigenvalue weighted by atomic mass is 9.92. The molecule has 2 aromatic heterocycles. The van der Waals surface area contributed by atoms with Crippen LogP contribution >= 0.6 is 11.8 Å². The van der Waals surface area contributed by atoms with Crippen LogP contribution in [0.3, 0.4) is 0 Å². The molecule has 1 atom stereocenters. The standard InChI is InChI=1S/C15H15N3O3S/c19-14(13-6-20-10-17-13)18-8-15(9-18)4-12(7-22-15)21-11-2-1-3-16-5-11/h1-3,5-6,10,12H,4,7-9H2/t12-/m0/s1. The number of hydrogen-bond acceptors (Lipinski definition) is 6. The van der Waals surface area contributed by atoms with Crippen molar-refractivity contribution in [1.29, 1.82) is 0 Å². The number of rotatable bonds is 3. The maximum atomic E-state index is 12.2. The van der Waals surface area contributed by atoms with Crippen LogP contribution < -0.4 is 4.74 Å². The van der Waals surface area contributed by atoms with E-state index in [0.29, 0.717) is 5.69 Å². The summed E-state index contributed by atoms with van der Waals surface area (Å²) >= 11 is 1.89. The summed E-state index contributed by atoms with van der Waals surface area (Å²) in [6.45, 7) is 1.49. The van der Waals surface area contributed by atoms with E-state index in [-0.39, 0.29) is 16.8 Å². The second kappa shape index (κ2) is 5.31. The van der Waals surface area contributed by atoms with Crippen molar-refractivity contribution in [3.8, 4) is 5.75 Å². The Morgan fingerprint density at radius 1 is 1.50 bits per heavy atom. The van der Waals surface area contributed by atoms with Gasteiger partial charge < -0.3 is 14.1 Å². The maximum absolute atomic E-state index is 12.2. The van der Waals surface area contributed by atoms with E-state index >= 15 is 0 Å². The summed E-state index contributed by atoms with van der Waals surface area (Å²) in [4.78, 5) is 21.9. The van der Waals surface area contributed by atoms with Crippen LogP contribution in [0.5, 0.6) is 5.75 Å². The summed E-state index contributed by atoms with van der Waals surface area (Å²) in [6, 6.07) is 3.79. The van der Waals surface area contributed by atoms with Crippen LogP contribution in [0.2, 0.25) is 0 Å². The van der Waals surface area contributed by atoms with Crippen molar-refractivity contribution < 1.29 is 13.9 Å². The highest BCUT2D eigenvalue weighted by Crippen LogP contribution is 2.46. The van der Waals surface area contributed by atoms with E-state index < -0.39 is 0 Å². The third kappa shape index (κ3) is 2.45. The van der Waals surface area contributed by atoms with Crippen molar-refractivity contribution in [3.05, 3.63) is 42.9 Å². The Labute approximate surface area is 131 Å². The number of likely N-dealkylation sites (tertiary alicyclic amines) is 1. The van der Waals surface area contributed by atoms with Gasteiger partial charge in [0, 0.05) is 31.5 Å². The molecule has 7 heteroatoms. The molecule has 0 unspecified atom stereocenters. The SMILES string of the molecule is O=C(c1cocn1)N1CC2(C[C@H](Oc3cccnc3)CS2)C1. The molecule has 0 bridgehead atoms. The molecule has 2 aliphatic rings. The number of amides is 1. The number of hydrogen-bond donors (Lipinski definition) is 0. The van der Waals surface area contributed by atoms with Gasteiger partial charge in [-0.1, -0.05) is 0 Å². The summed E-state index contributed by atoms with van der Waals surface area (Å²) in [7, 11) is 0. The number of ether oxygens (including phenoxy) is 1. The molecule has 1 amide bonds. The predicted molar refractivity (Wildman–Crippen MR) is 80.9 cm³/mol. The van der Waals surface area contributed by atoms with Crippen LogP contribution in [-0.2, 0) is 0 Å². The number of nitrogens with zero attached hydrogens (tertiary/aromatic N) is 3. The van der Waals surface area contributed by atoms with Gasteiger partial charge in [0.1, 0.15) is 18.1 Å². The van der Waals surface area contributed by atoms with Crippen LogP contribution in [0.15, 0.2) is 41.6 Å². The number of carbonyl (C=O) groups excluding carboxylic acids is 1. The molecule has 0 N–H and O–H groups in total. The van der Waals surface area contributed by atoms with E-state index in [1.807, 2.05) is 28.8 Å². The molecule has 1 spiro atoms. The second-order valence-electron chi connectivity index (χ2n) is 5.66. The van der Waals surface area contributed by atoms with Gasteiger partial charge in [-0.25, -0.2) is 4.98 Å². The molecule has 2 fully saturated rings. The van der Waals surface area contributed by atoms with Crippen LogP contribution in [0, 0.1) is 0 Å². The van der Waals surface area contributed by atoms with E-state index in [2.05, 4.69) is 9.97 Å². The molecular weight excluding hydrogens is 302 g/mol. The van der Waals surface area contributed by atoms with E-state index in [4.69, 9.17) is 9.15 Å². The van der Waals surface area contributed by atoms with Crippen LogP contribution in [0.1, 0.15) is 16.9 Å². The Balaban J connectivity index is 1.33. The smallest absolute Gasteiger partial charge is 0.275 e. The van der Waals surface area contributed by atoms with Crippen LogP contribution in [0.4, 0.5) is 0 Å². The van der Waals surface area contributed by atoms with Gasteiger partial charge in [0.05, 0.1) is 10.9 Å². The lowest BCUT2D eigenvalue weighted by Crippen LogP contribution is -2.60. The van der Waals surface area contributed by atoms with Gasteiger partial charge in [0.2, 0.25) is 0 Å². The summed E-state index contributed by atoms with van der Waals surface area (Å²) in [5.74, 6) is 1.69. The number of oxazole rings is 1. The lowest BCUT2D eigenvalue weighted by Gasteiger charge is -2.47. The zero-order valence-electron chi connectivity index (χ0n) is 11.8. The number of aromatic nitrogens is 2. The molecule has 6 nitrogen and oxygen atoms in total. The minimum absolute atomic E-state index is 0.0587. The second-order valence-corrected chi connectivity index (χ2v) is 7.15. The van der Waals surface area contributed by atoms with E-state index in [1.54, 1.807) is 12.4 Å². The summed E-state index contributed by atoms with van der Waals surface area (Å²) in [5, 5.41) is 0. The maximum Gasteiger partial charge on any atom is 0.275 e. The molecule has 0 aliphatic carbocycles. The Hall–Kier alpha value is -2.02. The van der Waals surface area contributed by atoms with E-state index in [9.17, 15) is 4.79 Å². The van der Waals surface area contributed by atoms with Gasteiger partial charge in [0.15, 0.2) is 12.1 Å². The van der Waals surface area contributed by atoms with Crippen molar-refractivity contribution >= 4 is 17.7 Å². The van der Waals surface area contributed by atoms with Gasteiger partial charge in [-0.3, -0.25) is 9.78 Å². The highest BCUT2D eigenvalue weighted by atomic mass is 32.2. The predicted octanol–water partition coefficient (Wildman–Crippen LogP) is 1.85. The van der Waals surface area contributed by atoms with Gasteiger partial charge in [-0.2, -0.15) is 0 Å². The lowest BCUT2D eigenvalue weighted by molar-refractivity contribution is 0.0512. The molecule has 2 aliphatic heterocycles. The fraction of sp³-hybridized carbons (Fsp3) is 0.400. The normalized spacial score (nSPS) is 22.5. The summed E-state index contributed by atoms with van der Waals surface area (Å²) in [5.41, 5.74) is 0.376. The fourth-order valence-corrected chi connectivity index (χ4v) is 4.50. The van der Waals surface area contributed by atoms with E-state index in [0.717, 1.165) is 31.0 Å². The molecule has 4 rings (SSSR count). The average Bonchev–Trinajstić information content (AvgIpc) is 3.16. The monoisotopic (exact) mass is 317 g/mol. The third-order valence-electron chi connectivity index (χ3n) is 4.01. The molecule has 2 saturated heterocycles. The van der Waals surface area contributed by atoms with Crippen molar-refractivity contribution in [3.63, 3.8) is 0 Å². The van der Waals surface area contributed by atoms with Crippen molar-refractivity contribution in [2.45, 2.75) is 17.3 Å². The number of thioether (sulfide) groups is 1. The van der Waals surface area contributed by atoms with Crippen molar-refractivity contribution in [2.75, 3.05) is 18.8 Å². The minimum Gasteiger partial charge on any atom is -0.488 e. The van der Waals surface area contributed by atoms with Crippen LogP contribution in [0.25, 0.3) is 0 Å². The highest BCUT2D eigenvalue weighted by molar-refractivity contribution is 8.01. The Bertz CT molecular complexity index is 656. The number of pyridine rings is 1. The quantitative estimate of drug-likeness (QED) is 0.860. The molecule has 2 aromatic rings. The first kappa shape index (κ1) is 13.6. The molecule has 114 valence electrons. The topological polar surface area (TPSA) is 68.5 Å². The Kier molecular flexibility index (Phi) is 3.29. The molecule has 0 aromatic carbocycles. The van der Waals surface area contributed by atoms with E-state index in [1.165, 1.54) is 12.7 Å². The number of carbonyl (C=O) groups is 1. The van der Waals surface area contributed by atoms with Gasteiger partial charge >= 0.3 is 0 Å². The molecule has 22 heavy (non-hydrogen) atoms. The minimum atomic E-state index is -0.0587. The Morgan fingerprint density at radius 3 is 3.14 bits per heavy atom. The van der Waals surface area contributed by atoms with Crippen molar-refractivity contribution in [1.82, 2.24) is 14.9 Å². The summed E-state index contributed by atoms with van der Waals surface area (Å²) in [6.07, 6.45) is 7.27. The molecular formula is C15H15N3O3S.